The van der Waals surface area contributed by atoms with Crippen molar-refractivity contribution in [2.24, 2.45) is 0 Å². The summed E-state index contributed by atoms with van der Waals surface area (Å²) in [5.74, 6) is -0.816. The molecule has 9 heteroatoms. The second-order valence-electron chi connectivity index (χ2n) is 7.14. The van der Waals surface area contributed by atoms with Crippen LogP contribution in [0.15, 0.2) is 0 Å². The summed E-state index contributed by atoms with van der Waals surface area (Å²) < 4.78 is 10.4. The number of aryl methyl sites for hydroxylation is 2. The molecule has 2 amide bonds. The standard InChI is InChI=1S/C21H24N2O5S2/c1-3-27-19(24)15-11-7-5-9-13(11)29-17(15)22-21(26)23-18-16(20(25)28-4-2)12-8-6-10-14(12)30-18/h3-10H2,1-2H3,(H2,22,23,26). The summed E-state index contributed by atoms with van der Waals surface area (Å²) in [7, 11) is 0. The van der Waals surface area contributed by atoms with E-state index >= 15 is 0 Å². The van der Waals surface area contributed by atoms with Gasteiger partial charge in [-0.05, 0) is 63.5 Å². The summed E-state index contributed by atoms with van der Waals surface area (Å²) in [6, 6.07) is -0.481. The molecule has 2 N–H and O–H groups in total. The molecule has 0 bridgehead atoms. The Hall–Kier alpha value is -2.39. The Morgan fingerprint density at radius 2 is 1.20 bits per heavy atom. The van der Waals surface area contributed by atoms with Gasteiger partial charge in [0.25, 0.3) is 0 Å². The highest BCUT2D eigenvalue weighted by Gasteiger charge is 2.30. The van der Waals surface area contributed by atoms with Gasteiger partial charge in [0, 0.05) is 9.75 Å². The van der Waals surface area contributed by atoms with Crippen molar-refractivity contribution in [2.75, 3.05) is 23.8 Å². The predicted molar refractivity (Wildman–Crippen MR) is 117 cm³/mol. The number of anilines is 2. The molecule has 0 fully saturated rings. The molecule has 0 saturated carbocycles. The molecule has 0 unspecified atom stereocenters. The number of urea groups is 1. The summed E-state index contributed by atoms with van der Waals surface area (Å²) in [6.07, 6.45) is 5.44. The van der Waals surface area contributed by atoms with Crippen LogP contribution in [0.4, 0.5) is 14.8 Å². The van der Waals surface area contributed by atoms with Crippen LogP contribution >= 0.6 is 22.7 Å². The zero-order chi connectivity index (χ0) is 21.3. The lowest BCUT2D eigenvalue weighted by Gasteiger charge is -2.10. The predicted octanol–water partition coefficient (Wildman–Crippen LogP) is 4.78. The van der Waals surface area contributed by atoms with Crippen molar-refractivity contribution in [2.45, 2.75) is 52.4 Å². The number of nitrogens with one attached hydrogen (secondary N) is 2. The van der Waals surface area contributed by atoms with Crippen LogP contribution in [0.2, 0.25) is 0 Å². The number of ether oxygens (including phenoxy) is 2. The number of fused-ring (bicyclic) bond motifs is 2. The average Bonchev–Trinajstić information content (AvgIpc) is 3.42. The number of carbonyl (C=O) groups is 3. The zero-order valence-electron chi connectivity index (χ0n) is 17.0. The van der Waals surface area contributed by atoms with Crippen molar-refractivity contribution in [1.82, 2.24) is 0 Å². The Labute approximate surface area is 182 Å². The molecule has 0 atom stereocenters. The van der Waals surface area contributed by atoms with E-state index in [1.807, 2.05) is 0 Å². The SMILES string of the molecule is CCOC(=O)c1c(NC(=O)Nc2sc3c(c2C(=O)OCC)CCC3)sc2c1CCC2. The first-order valence-electron chi connectivity index (χ1n) is 10.2. The quantitative estimate of drug-likeness (QED) is 0.620. The highest BCUT2D eigenvalue weighted by Crippen LogP contribution is 2.41. The van der Waals surface area contributed by atoms with E-state index in [4.69, 9.17) is 9.47 Å². The van der Waals surface area contributed by atoms with Crippen molar-refractivity contribution in [3.63, 3.8) is 0 Å². The van der Waals surface area contributed by atoms with Gasteiger partial charge in [0.05, 0.1) is 24.3 Å². The Morgan fingerprint density at radius 1 is 0.767 bits per heavy atom. The van der Waals surface area contributed by atoms with Gasteiger partial charge < -0.3 is 9.47 Å². The van der Waals surface area contributed by atoms with E-state index in [9.17, 15) is 14.4 Å². The van der Waals surface area contributed by atoms with Crippen LogP contribution in [0.1, 0.15) is 68.3 Å². The minimum atomic E-state index is -0.481. The molecule has 2 aromatic rings. The Bertz CT molecular complexity index is 929. The molecule has 0 spiro atoms. The lowest BCUT2D eigenvalue weighted by Crippen LogP contribution is -2.22. The van der Waals surface area contributed by atoms with Gasteiger partial charge >= 0.3 is 18.0 Å². The maximum atomic E-state index is 12.8. The van der Waals surface area contributed by atoms with Crippen molar-refractivity contribution in [1.29, 1.82) is 0 Å². The second kappa shape index (κ2) is 8.77. The molecule has 0 aromatic carbocycles. The molecule has 30 heavy (non-hydrogen) atoms. The number of rotatable bonds is 6. The third kappa shape index (κ3) is 3.83. The minimum absolute atomic E-state index is 0.277. The molecule has 2 heterocycles. The molecule has 0 aliphatic heterocycles. The summed E-state index contributed by atoms with van der Waals surface area (Å²) in [5, 5.41) is 6.62. The summed E-state index contributed by atoms with van der Waals surface area (Å²) in [6.45, 7) is 4.08. The van der Waals surface area contributed by atoms with E-state index in [0.29, 0.717) is 21.1 Å². The molecule has 7 nitrogen and oxygen atoms in total. The smallest absolute Gasteiger partial charge is 0.341 e. The van der Waals surface area contributed by atoms with E-state index in [1.54, 1.807) is 13.8 Å². The Kier molecular flexibility index (Phi) is 6.10. The molecule has 2 aliphatic rings. The molecular formula is C21H24N2O5S2. The summed E-state index contributed by atoms with van der Waals surface area (Å²) in [5.41, 5.74) is 2.89. The van der Waals surface area contributed by atoms with E-state index in [1.165, 1.54) is 22.7 Å². The molecule has 0 saturated heterocycles. The van der Waals surface area contributed by atoms with Crippen LogP contribution in [0, 0.1) is 0 Å². The lowest BCUT2D eigenvalue weighted by atomic mass is 10.1. The molecule has 160 valence electrons. The Balaban J connectivity index is 1.57. The third-order valence-corrected chi connectivity index (χ3v) is 7.67. The first-order chi connectivity index (χ1) is 14.5. The van der Waals surface area contributed by atoms with Crippen LogP contribution < -0.4 is 10.6 Å². The number of hydrogen-bond acceptors (Lipinski definition) is 7. The minimum Gasteiger partial charge on any atom is -0.462 e. The van der Waals surface area contributed by atoms with Crippen LogP contribution in [0.25, 0.3) is 0 Å². The number of thiophene rings is 2. The molecular weight excluding hydrogens is 424 g/mol. The van der Waals surface area contributed by atoms with E-state index in [-0.39, 0.29) is 13.2 Å². The van der Waals surface area contributed by atoms with Gasteiger partial charge in [-0.25, -0.2) is 14.4 Å². The van der Waals surface area contributed by atoms with Gasteiger partial charge in [-0.3, -0.25) is 10.6 Å². The fourth-order valence-corrected chi connectivity index (χ4v) is 6.61. The lowest BCUT2D eigenvalue weighted by molar-refractivity contribution is 0.0517. The first kappa shape index (κ1) is 20.9. The number of hydrogen-bond donors (Lipinski definition) is 2. The van der Waals surface area contributed by atoms with Gasteiger partial charge in [-0.1, -0.05) is 0 Å². The van der Waals surface area contributed by atoms with Crippen molar-refractivity contribution in [3.05, 3.63) is 32.0 Å². The van der Waals surface area contributed by atoms with E-state index in [0.717, 1.165) is 59.4 Å². The molecule has 2 aliphatic carbocycles. The van der Waals surface area contributed by atoms with Gasteiger partial charge in [0.1, 0.15) is 10.0 Å². The van der Waals surface area contributed by atoms with Gasteiger partial charge in [0.15, 0.2) is 0 Å². The number of amides is 2. The van der Waals surface area contributed by atoms with Crippen molar-refractivity contribution in [3.8, 4) is 0 Å². The highest BCUT2D eigenvalue weighted by molar-refractivity contribution is 7.17. The maximum absolute atomic E-state index is 12.8. The molecule has 4 rings (SSSR count). The van der Waals surface area contributed by atoms with Crippen LogP contribution in [0.5, 0.6) is 0 Å². The van der Waals surface area contributed by atoms with Gasteiger partial charge in [-0.15, -0.1) is 22.7 Å². The monoisotopic (exact) mass is 448 g/mol. The van der Waals surface area contributed by atoms with E-state index < -0.39 is 18.0 Å². The fraction of sp³-hybridized carbons (Fsp3) is 0.476. The first-order valence-corrected chi connectivity index (χ1v) is 11.9. The summed E-state index contributed by atoms with van der Waals surface area (Å²) in [4.78, 5) is 40.0. The van der Waals surface area contributed by atoms with Crippen LogP contribution in [-0.4, -0.2) is 31.2 Å². The van der Waals surface area contributed by atoms with E-state index in [2.05, 4.69) is 10.6 Å². The fourth-order valence-electron chi connectivity index (χ4n) is 4.06. The number of esters is 2. The van der Waals surface area contributed by atoms with Gasteiger partial charge in [-0.2, -0.15) is 0 Å². The second-order valence-corrected chi connectivity index (χ2v) is 9.35. The van der Waals surface area contributed by atoms with Gasteiger partial charge in [0.2, 0.25) is 0 Å². The zero-order valence-corrected chi connectivity index (χ0v) is 18.6. The normalized spacial score (nSPS) is 14.2. The largest absolute Gasteiger partial charge is 0.462 e. The maximum Gasteiger partial charge on any atom is 0.341 e. The number of carbonyl (C=O) groups excluding carboxylic acids is 3. The third-order valence-electron chi connectivity index (χ3n) is 5.26. The van der Waals surface area contributed by atoms with Crippen LogP contribution in [0.3, 0.4) is 0 Å². The highest BCUT2D eigenvalue weighted by atomic mass is 32.1. The average molecular weight is 449 g/mol. The Morgan fingerprint density at radius 3 is 1.60 bits per heavy atom. The van der Waals surface area contributed by atoms with Crippen molar-refractivity contribution < 1.29 is 23.9 Å². The summed E-state index contributed by atoms with van der Waals surface area (Å²) >= 11 is 2.85. The molecule has 2 aromatic heterocycles. The van der Waals surface area contributed by atoms with Crippen LogP contribution in [-0.2, 0) is 35.2 Å². The molecule has 0 radical (unpaired) electrons. The topological polar surface area (TPSA) is 93.7 Å². The van der Waals surface area contributed by atoms with Crippen molar-refractivity contribution >= 4 is 50.6 Å².